The Hall–Kier alpha value is -0.120. The topological polar surface area (TPSA) is 18.5 Å². The number of likely N-dealkylation sites (N-methyl/N-ethyl adjacent to an activating group) is 1. The molecule has 1 N–H and O–H groups in total. The van der Waals surface area contributed by atoms with Crippen LogP contribution in [0.1, 0.15) is 26.2 Å². The second kappa shape index (κ2) is 5.03. The molecule has 0 spiro atoms. The third kappa shape index (κ3) is 2.96. The van der Waals surface area contributed by atoms with E-state index >= 15 is 0 Å². The second-order valence-electron chi connectivity index (χ2n) is 6.27. The number of hydrogen-bond donors (Lipinski definition) is 1. The van der Waals surface area contributed by atoms with E-state index in [0.29, 0.717) is 5.41 Å². The summed E-state index contributed by atoms with van der Waals surface area (Å²) < 4.78 is 0. The van der Waals surface area contributed by atoms with Gasteiger partial charge in [0.05, 0.1) is 0 Å². The molecule has 3 heteroatoms. The Morgan fingerprint density at radius 3 is 2.88 bits per heavy atom. The van der Waals surface area contributed by atoms with E-state index in [1.165, 1.54) is 52.0 Å². The van der Waals surface area contributed by atoms with Gasteiger partial charge < -0.3 is 10.2 Å². The third-order valence-electron chi connectivity index (χ3n) is 4.12. The van der Waals surface area contributed by atoms with E-state index in [2.05, 4.69) is 36.1 Å². The first kappa shape index (κ1) is 12.3. The Morgan fingerprint density at radius 2 is 2.25 bits per heavy atom. The van der Waals surface area contributed by atoms with E-state index in [0.717, 1.165) is 6.04 Å². The molecule has 0 radical (unpaired) electrons. The Kier molecular flexibility index (Phi) is 3.88. The van der Waals surface area contributed by atoms with Gasteiger partial charge in [-0.3, -0.25) is 4.90 Å². The lowest BCUT2D eigenvalue weighted by Crippen LogP contribution is -2.43. The van der Waals surface area contributed by atoms with Crippen molar-refractivity contribution in [1.29, 1.82) is 0 Å². The van der Waals surface area contributed by atoms with Gasteiger partial charge in [-0.15, -0.1) is 0 Å². The van der Waals surface area contributed by atoms with Crippen molar-refractivity contribution in [2.24, 2.45) is 5.41 Å². The van der Waals surface area contributed by atoms with Gasteiger partial charge in [-0.2, -0.15) is 0 Å². The normalized spacial score (nSPS) is 36.4. The lowest BCUT2D eigenvalue weighted by molar-refractivity contribution is 0.144. The fourth-order valence-corrected chi connectivity index (χ4v) is 3.23. The minimum Gasteiger partial charge on any atom is -0.316 e. The maximum atomic E-state index is 3.51. The highest BCUT2D eigenvalue weighted by molar-refractivity contribution is 4.91. The molecular weight excluding hydrogens is 198 g/mol. The molecule has 0 aromatic carbocycles. The molecule has 2 aliphatic rings. The predicted molar refractivity (Wildman–Crippen MR) is 68.7 cm³/mol. The Bertz CT molecular complexity index is 221. The van der Waals surface area contributed by atoms with Gasteiger partial charge >= 0.3 is 0 Å². The molecule has 0 bridgehead atoms. The van der Waals surface area contributed by atoms with Gasteiger partial charge in [0.15, 0.2) is 0 Å². The van der Waals surface area contributed by atoms with E-state index in [9.17, 15) is 0 Å². The summed E-state index contributed by atoms with van der Waals surface area (Å²) in [6.07, 6.45) is 4.13. The van der Waals surface area contributed by atoms with Crippen LogP contribution in [-0.2, 0) is 0 Å². The molecule has 2 heterocycles. The summed E-state index contributed by atoms with van der Waals surface area (Å²) in [6, 6.07) is 0.799. The van der Waals surface area contributed by atoms with Crippen molar-refractivity contribution in [2.45, 2.75) is 32.2 Å². The molecule has 0 saturated carbocycles. The van der Waals surface area contributed by atoms with Crippen molar-refractivity contribution in [3.8, 4) is 0 Å². The zero-order valence-corrected chi connectivity index (χ0v) is 11.1. The summed E-state index contributed by atoms with van der Waals surface area (Å²) in [5.41, 5.74) is 0.523. The molecule has 94 valence electrons. The van der Waals surface area contributed by atoms with E-state index in [-0.39, 0.29) is 0 Å². The van der Waals surface area contributed by atoms with Crippen molar-refractivity contribution >= 4 is 0 Å². The summed E-state index contributed by atoms with van der Waals surface area (Å²) in [5, 5.41) is 3.51. The first-order chi connectivity index (χ1) is 7.59. The lowest BCUT2D eigenvalue weighted by atomic mass is 9.89. The van der Waals surface area contributed by atoms with E-state index in [1.54, 1.807) is 0 Å². The van der Waals surface area contributed by atoms with Crippen molar-refractivity contribution in [3.05, 3.63) is 0 Å². The Balaban J connectivity index is 1.87. The third-order valence-corrected chi connectivity index (χ3v) is 4.12. The Labute approximate surface area is 100 Å². The zero-order valence-electron chi connectivity index (χ0n) is 11.1. The summed E-state index contributed by atoms with van der Waals surface area (Å²) in [7, 11) is 4.38. The van der Waals surface area contributed by atoms with Crippen molar-refractivity contribution in [2.75, 3.05) is 46.8 Å². The molecule has 2 atom stereocenters. The van der Waals surface area contributed by atoms with Crippen LogP contribution in [0.15, 0.2) is 0 Å². The van der Waals surface area contributed by atoms with E-state index in [1.807, 2.05) is 0 Å². The monoisotopic (exact) mass is 225 g/mol. The summed E-state index contributed by atoms with van der Waals surface area (Å²) in [5.74, 6) is 0. The summed E-state index contributed by atoms with van der Waals surface area (Å²) in [4.78, 5) is 5.06. The maximum Gasteiger partial charge on any atom is 0.0223 e. The average molecular weight is 225 g/mol. The molecule has 2 aliphatic heterocycles. The Morgan fingerprint density at radius 1 is 1.44 bits per heavy atom. The quantitative estimate of drug-likeness (QED) is 0.770. The van der Waals surface area contributed by atoms with Gasteiger partial charge in [-0.05, 0) is 51.9 Å². The molecule has 16 heavy (non-hydrogen) atoms. The maximum absolute atomic E-state index is 3.51. The first-order valence-electron chi connectivity index (χ1n) is 6.69. The number of rotatable bonds is 4. The summed E-state index contributed by atoms with van der Waals surface area (Å²) in [6.45, 7) is 8.69. The van der Waals surface area contributed by atoms with Gasteiger partial charge in [0.2, 0.25) is 0 Å². The van der Waals surface area contributed by atoms with Crippen molar-refractivity contribution in [1.82, 2.24) is 15.1 Å². The van der Waals surface area contributed by atoms with Crippen LogP contribution in [0, 0.1) is 5.41 Å². The molecule has 0 aromatic rings. The van der Waals surface area contributed by atoms with Gasteiger partial charge in [0.1, 0.15) is 0 Å². The standard InChI is InChI=1S/C13H27N3/c1-13(6-7-14-10-13)11-16-8-4-5-12(16)9-15(2)3/h12,14H,4-11H2,1-3H3. The number of nitrogens with one attached hydrogen (secondary N) is 1. The van der Waals surface area contributed by atoms with Gasteiger partial charge in [0.25, 0.3) is 0 Å². The van der Waals surface area contributed by atoms with Gasteiger partial charge in [0, 0.05) is 25.7 Å². The molecular formula is C13H27N3. The van der Waals surface area contributed by atoms with Crippen LogP contribution < -0.4 is 5.32 Å². The molecule has 2 saturated heterocycles. The lowest BCUT2D eigenvalue weighted by Gasteiger charge is -2.34. The van der Waals surface area contributed by atoms with Crippen LogP contribution in [0.25, 0.3) is 0 Å². The molecule has 0 amide bonds. The fourth-order valence-electron chi connectivity index (χ4n) is 3.23. The minimum atomic E-state index is 0.523. The largest absolute Gasteiger partial charge is 0.316 e. The summed E-state index contributed by atoms with van der Waals surface area (Å²) >= 11 is 0. The fraction of sp³-hybridized carbons (Fsp3) is 1.00. The smallest absolute Gasteiger partial charge is 0.0223 e. The van der Waals surface area contributed by atoms with Crippen LogP contribution in [0.4, 0.5) is 0 Å². The minimum absolute atomic E-state index is 0.523. The van der Waals surface area contributed by atoms with Gasteiger partial charge in [-0.1, -0.05) is 6.92 Å². The highest BCUT2D eigenvalue weighted by atomic mass is 15.2. The number of likely N-dealkylation sites (tertiary alicyclic amines) is 1. The highest BCUT2D eigenvalue weighted by Crippen LogP contribution is 2.29. The van der Waals surface area contributed by atoms with Crippen LogP contribution in [0.5, 0.6) is 0 Å². The second-order valence-corrected chi connectivity index (χ2v) is 6.27. The zero-order chi connectivity index (χ0) is 11.6. The van der Waals surface area contributed by atoms with Gasteiger partial charge in [-0.25, -0.2) is 0 Å². The van der Waals surface area contributed by atoms with E-state index < -0.39 is 0 Å². The molecule has 2 unspecified atom stereocenters. The predicted octanol–water partition coefficient (Wildman–Crippen LogP) is 1.01. The van der Waals surface area contributed by atoms with Crippen LogP contribution in [-0.4, -0.2) is 62.7 Å². The SMILES string of the molecule is CN(C)CC1CCCN1CC1(C)CCNC1. The van der Waals surface area contributed by atoms with Crippen LogP contribution in [0.2, 0.25) is 0 Å². The highest BCUT2D eigenvalue weighted by Gasteiger charge is 2.34. The van der Waals surface area contributed by atoms with Crippen molar-refractivity contribution in [3.63, 3.8) is 0 Å². The molecule has 0 aromatic heterocycles. The average Bonchev–Trinajstić information content (AvgIpc) is 2.77. The molecule has 0 aliphatic carbocycles. The molecule has 3 nitrogen and oxygen atoms in total. The van der Waals surface area contributed by atoms with E-state index in [4.69, 9.17) is 0 Å². The molecule has 2 rings (SSSR count). The molecule has 2 fully saturated rings. The number of hydrogen-bond acceptors (Lipinski definition) is 3. The number of nitrogens with zero attached hydrogens (tertiary/aromatic N) is 2. The van der Waals surface area contributed by atoms with Crippen LogP contribution in [0.3, 0.4) is 0 Å². The van der Waals surface area contributed by atoms with Crippen molar-refractivity contribution < 1.29 is 0 Å². The van der Waals surface area contributed by atoms with Crippen LogP contribution >= 0.6 is 0 Å². The first-order valence-corrected chi connectivity index (χ1v) is 6.69.